The predicted octanol–water partition coefficient (Wildman–Crippen LogP) is 1.22. The van der Waals surface area contributed by atoms with Gasteiger partial charge in [-0.3, -0.25) is 5.10 Å². The van der Waals surface area contributed by atoms with Crippen LogP contribution in [-0.4, -0.2) is 35.5 Å². The summed E-state index contributed by atoms with van der Waals surface area (Å²) in [6.07, 6.45) is 4.82. The number of nitrogens with one attached hydrogen (secondary N) is 1. The molecule has 1 saturated heterocycles. The molecule has 1 aliphatic heterocycles. The second kappa shape index (κ2) is 4.18. The minimum atomic E-state index is -3.36. The number of H-pyrrole nitrogens is 1. The normalized spacial score (nSPS) is 28.1. The second-order valence-electron chi connectivity index (χ2n) is 4.41. The molecule has 1 aromatic heterocycles. The summed E-state index contributed by atoms with van der Waals surface area (Å²) in [5, 5.41) is 6.24. The van der Waals surface area contributed by atoms with Crippen molar-refractivity contribution in [1.29, 1.82) is 0 Å². The molecule has 0 bridgehead atoms. The Balaban J connectivity index is 2.30. The van der Waals surface area contributed by atoms with Crippen molar-refractivity contribution in [3.63, 3.8) is 0 Å². The van der Waals surface area contributed by atoms with Crippen LogP contribution in [0, 0.1) is 5.92 Å². The topological polar surface area (TPSA) is 66.1 Å². The first-order chi connectivity index (χ1) is 7.53. The molecule has 90 valence electrons. The molecule has 0 radical (unpaired) electrons. The van der Waals surface area contributed by atoms with Crippen LogP contribution >= 0.6 is 0 Å². The van der Waals surface area contributed by atoms with Crippen LogP contribution in [0.2, 0.25) is 0 Å². The maximum Gasteiger partial charge on any atom is 0.246 e. The highest BCUT2D eigenvalue weighted by molar-refractivity contribution is 7.89. The van der Waals surface area contributed by atoms with Gasteiger partial charge >= 0.3 is 0 Å². The SMILES string of the molecule is CC1CCCN(S(=O)(=O)c2cn[nH]c2)C1C. The highest BCUT2D eigenvalue weighted by Gasteiger charge is 2.34. The van der Waals surface area contributed by atoms with Crippen LogP contribution in [0.5, 0.6) is 0 Å². The Labute approximate surface area is 95.9 Å². The van der Waals surface area contributed by atoms with Crippen LogP contribution in [0.4, 0.5) is 0 Å². The van der Waals surface area contributed by atoms with Crippen LogP contribution in [0.15, 0.2) is 17.3 Å². The highest BCUT2D eigenvalue weighted by atomic mass is 32.2. The Morgan fingerprint density at radius 1 is 1.50 bits per heavy atom. The first-order valence-corrected chi connectivity index (χ1v) is 6.98. The Hall–Kier alpha value is -0.880. The van der Waals surface area contributed by atoms with Crippen molar-refractivity contribution >= 4 is 10.0 Å². The molecule has 0 saturated carbocycles. The third-order valence-corrected chi connectivity index (χ3v) is 5.35. The molecule has 2 rings (SSSR count). The Morgan fingerprint density at radius 2 is 2.25 bits per heavy atom. The van der Waals surface area contributed by atoms with Crippen molar-refractivity contribution < 1.29 is 8.42 Å². The van der Waals surface area contributed by atoms with Crippen molar-refractivity contribution in [2.75, 3.05) is 6.54 Å². The van der Waals surface area contributed by atoms with E-state index in [4.69, 9.17) is 0 Å². The zero-order chi connectivity index (χ0) is 11.8. The van der Waals surface area contributed by atoms with Gasteiger partial charge in [-0.05, 0) is 25.7 Å². The minimum Gasteiger partial charge on any atom is -0.284 e. The van der Waals surface area contributed by atoms with Gasteiger partial charge in [-0.15, -0.1) is 0 Å². The molecule has 2 heterocycles. The zero-order valence-electron chi connectivity index (χ0n) is 9.55. The molecule has 1 N–H and O–H groups in total. The molecule has 1 aromatic rings. The second-order valence-corrected chi connectivity index (χ2v) is 6.30. The van der Waals surface area contributed by atoms with Gasteiger partial charge in [0.1, 0.15) is 4.90 Å². The van der Waals surface area contributed by atoms with Crippen LogP contribution in [0.25, 0.3) is 0 Å². The first kappa shape index (κ1) is 11.6. The first-order valence-electron chi connectivity index (χ1n) is 5.54. The fourth-order valence-electron chi connectivity index (χ4n) is 2.15. The van der Waals surface area contributed by atoms with Gasteiger partial charge in [-0.2, -0.15) is 9.40 Å². The van der Waals surface area contributed by atoms with Gasteiger partial charge in [0, 0.05) is 18.8 Å². The molecule has 5 nitrogen and oxygen atoms in total. The lowest BCUT2D eigenvalue weighted by atomic mass is 9.94. The van der Waals surface area contributed by atoms with E-state index in [0.29, 0.717) is 12.5 Å². The summed E-state index contributed by atoms with van der Waals surface area (Å²) in [7, 11) is -3.36. The molecule has 1 fully saturated rings. The molecule has 2 atom stereocenters. The molecule has 1 aliphatic rings. The average molecular weight is 243 g/mol. The number of nitrogens with zero attached hydrogens (tertiary/aromatic N) is 2. The molecule has 0 aliphatic carbocycles. The van der Waals surface area contributed by atoms with E-state index in [1.165, 1.54) is 12.4 Å². The van der Waals surface area contributed by atoms with Crippen molar-refractivity contribution in [1.82, 2.24) is 14.5 Å². The Bertz CT molecular complexity index is 441. The van der Waals surface area contributed by atoms with Crippen molar-refractivity contribution in [2.45, 2.75) is 37.6 Å². The molecule has 2 unspecified atom stereocenters. The molecule has 16 heavy (non-hydrogen) atoms. The van der Waals surface area contributed by atoms with Gasteiger partial charge in [-0.25, -0.2) is 8.42 Å². The Kier molecular flexibility index (Phi) is 3.03. The summed E-state index contributed by atoms with van der Waals surface area (Å²) in [6, 6.07) is 0.0636. The highest BCUT2D eigenvalue weighted by Crippen LogP contribution is 2.28. The summed E-state index contributed by atoms with van der Waals surface area (Å²) in [5.41, 5.74) is 0. The van der Waals surface area contributed by atoms with E-state index >= 15 is 0 Å². The summed E-state index contributed by atoms with van der Waals surface area (Å²) < 4.78 is 26.1. The van der Waals surface area contributed by atoms with Crippen LogP contribution in [0.3, 0.4) is 0 Å². The van der Waals surface area contributed by atoms with E-state index in [-0.39, 0.29) is 10.9 Å². The average Bonchev–Trinajstić information content (AvgIpc) is 2.75. The van der Waals surface area contributed by atoms with E-state index in [0.717, 1.165) is 12.8 Å². The number of aromatic amines is 1. The van der Waals surface area contributed by atoms with Gasteiger partial charge in [0.05, 0.1) is 6.20 Å². The summed E-state index contributed by atoms with van der Waals surface area (Å²) in [5.74, 6) is 0.412. The zero-order valence-corrected chi connectivity index (χ0v) is 10.4. The third-order valence-electron chi connectivity index (χ3n) is 3.40. The molecule has 0 spiro atoms. The molecule has 0 amide bonds. The molecular formula is C10H17N3O2S. The van der Waals surface area contributed by atoms with Gasteiger partial charge < -0.3 is 0 Å². The van der Waals surface area contributed by atoms with Gasteiger partial charge in [0.25, 0.3) is 0 Å². The number of rotatable bonds is 2. The molecule has 0 aromatic carbocycles. The number of piperidine rings is 1. The largest absolute Gasteiger partial charge is 0.284 e. The fraction of sp³-hybridized carbons (Fsp3) is 0.700. The van der Waals surface area contributed by atoms with E-state index in [9.17, 15) is 8.42 Å². The lowest BCUT2D eigenvalue weighted by molar-refractivity contribution is 0.202. The fourth-order valence-corrected chi connectivity index (χ4v) is 3.83. The summed E-state index contributed by atoms with van der Waals surface area (Å²) in [6.45, 7) is 4.68. The molecule has 6 heteroatoms. The number of aromatic nitrogens is 2. The molecular weight excluding hydrogens is 226 g/mol. The van der Waals surface area contributed by atoms with Crippen LogP contribution in [0.1, 0.15) is 26.7 Å². The van der Waals surface area contributed by atoms with Crippen LogP contribution < -0.4 is 0 Å². The van der Waals surface area contributed by atoms with E-state index < -0.39 is 10.0 Å². The van der Waals surface area contributed by atoms with Crippen molar-refractivity contribution in [2.24, 2.45) is 5.92 Å². The minimum absolute atomic E-state index is 0.0636. The monoisotopic (exact) mass is 243 g/mol. The van der Waals surface area contributed by atoms with Gasteiger partial charge in [0.2, 0.25) is 10.0 Å². The van der Waals surface area contributed by atoms with Crippen molar-refractivity contribution in [3.05, 3.63) is 12.4 Å². The number of hydrogen-bond donors (Lipinski definition) is 1. The predicted molar refractivity (Wildman–Crippen MR) is 60.3 cm³/mol. The van der Waals surface area contributed by atoms with E-state index in [2.05, 4.69) is 17.1 Å². The quantitative estimate of drug-likeness (QED) is 0.849. The lowest BCUT2D eigenvalue weighted by Crippen LogP contribution is -2.45. The smallest absolute Gasteiger partial charge is 0.246 e. The van der Waals surface area contributed by atoms with Crippen LogP contribution in [-0.2, 0) is 10.0 Å². The van der Waals surface area contributed by atoms with Gasteiger partial charge in [0.15, 0.2) is 0 Å². The number of sulfonamides is 1. The number of hydrogen-bond acceptors (Lipinski definition) is 3. The summed E-state index contributed by atoms with van der Waals surface area (Å²) >= 11 is 0. The lowest BCUT2D eigenvalue weighted by Gasteiger charge is -2.36. The Morgan fingerprint density at radius 3 is 2.88 bits per heavy atom. The van der Waals surface area contributed by atoms with Crippen molar-refractivity contribution in [3.8, 4) is 0 Å². The third kappa shape index (κ3) is 1.87. The maximum atomic E-state index is 12.3. The summed E-state index contributed by atoms with van der Waals surface area (Å²) in [4.78, 5) is 0.258. The van der Waals surface area contributed by atoms with Gasteiger partial charge in [-0.1, -0.05) is 6.92 Å². The standard InChI is InChI=1S/C10H17N3O2S/c1-8-4-3-5-13(9(8)2)16(14,15)10-6-11-12-7-10/h6-9H,3-5H2,1-2H3,(H,11,12). The van der Waals surface area contributed by atoms with E-state index in [1.807, 2.05) is 6.92 Å². The maximum absolute atomic E-state index is 12.3. The van der Waals surface area contributed by atoms with E-state index in [1.54, 1.807) is 4.31 Å².